The molecule has 2 saturated carbocycles. The molecule has 0 aliphatic heterocycles. The van der Waals surface area contributed by atoms with Crippen LogP contribution in [0, 0.1) is 16.7 Å². The standard InChI is InChI=1S/C14H24O/c1-10-9-14(4)7-5-6-13(2,3)12(14)8-11(10)15/h11-12,15H,1,5-9H2,2-4H3. The highest BCUT2D eigenvalue weighted by atomic mass is 16.3. The number of fused-ring (bicyclic) bond motifs is 1. The molecule has 0 amide bonds. The van der Waals surface area contributed by atoms with Gasteiger partial charge in [-0.2, -0.15) is 0 Å². The van der Waals surface area contributed by atoms with E-state index in [1.165, 1.54) is 19.3 Å². The van der Waals surface area contributed by atoms with Gasteiger partial charge in [0.15, 0.2) is 0 Å². The van der Waals surface area contributed by atoms with Gasteiger partial charge >= 0.3 is 0 Å². The third-order valence-electron chi connectivity index (χ3n) is 4.91. The van der Waals surface area contributed by atoms with Crippen LogP contribution in [-0.4, -0.2) is 11.2 Å². The summed E-state index contributed by atoms with van der Waals surface area (Å²) in [5, 5.41) is 9.96. The highest BCUT2D eigenvalue weighted by Crippen LogP contribution is 2.58. The first-order valence-corrected chi connectivity index (χ1v) is 6.21. The average molecular weight is 208 g/mol. The number of hydrogen-bond donors (Lipinski definition) is 1. The van der Waals surface area contributed by atoms with E-state index in [0.29, 0.717) is 16.7 Å². The Labute approximate surface area is 93.6 Å². The molecule has 3 atom stereocenters. The van der Waals surface area contributed by atoms with Crippen LogP contribution < -0.4 is 0 Å². The Hall–Kier alpha value is -0.300. The minimum absolute atomic E-state index is 0.250. The molecule has 2 aliphatic carbocycles. The molecule has 1 heteroatoms. The van der Waals surface area contributed by atoms with Crippen LogP contribution in [0.3, 0.4) is 0 Å². The van der Waals surface area contributed by atoms with E-state index in [9.17, 15) is 5.11 Å². The van der Waals surface area contributed by atoms with Gasteiger partial charge in [0.05, 0.1) is 6.10 Å². The zero-order valence-electron chi connectivity index (χ0n) is 10.3. The van der Waals surface area contributed by atoms with Crippen molar-refractivity contribution in [2.75, 3.05) is 0 Å². The molecule has 3 unspecified atom stereocenters. The molecule has 2 aliphatic rings. The molecule has 1 nitrogen and oxygen atoms in total. The van der Waals surface area contributed by atoms with Crippen LogP contribution in [0.2, 0.25) is 0 Å². The van der Waals surface area contributed by atoms with Gasteiger partial charge in [0.2, 0.25) is 0 Å². The second-order valence-electron chi connectivity index (χ2n) is 6.64. The largest absolute Gasteiger partial charge is 0.389 e. The molecule has 0 bridgehead atoms. The van der Waals surface area contributed by atoms with Crippen LogP contribution in [0.1, 0.15) is 52.9 Å². The predicted molar refractivity (Wildman–Crippen MR) is 63.6 cm³/mol. The smallest absolute Gasteiger partial charge is 0.0750 e. The number of aliphatic hydroxyl groups is 1. The van der Waals surface area contributed by atoms with Crippen molar-refractivity contribution >= 4 is 0 Å². The van der Waals surface area contributed by atoms with Crippen molar-refractivity contribution in [2.24, 2.45) is 16.7 Å². The summed E-state index contributed by atoms with van der Waals surface area (Å²) in [5.74, 6) is 0.666. The Bertz CT molecular complexity index is 279. The van der Waals surface area contributed by atoms with Crippen LogP contribution in [0.25, 0.3) is 0 Å². The van der Waals surface area contributed by atoms with Gasteiger partial charge in [-0.3, -0.25) is 0 Å². The summed E-state index contributed by atoms with van der Waals surface area (Å²) in [4.78, 5) is 0. The number of aliphatic hydroxyl groups excluding tert-OH is 1. The zero-order valence-corrected chi connectivity index (χ0v) is 10.3. The Morgan fingerprint density at radius 1 is 1.27 bits per heavy atom. The minimum atomic E-state index is -0.250. The van der Waals surface area contributed by atoms with Gasteiger partial charge in [-0.1, -0.05) is 33.8 Å². The molecule has 1 N–H and O–H groups in total. The lowest BCUT2D eigenvalue weighted by atomic mass is 9.51. The summed E-state index contributed by atoms with van der Waals surface area (Å²) in [6.07, 6.45) is 5.67. The van der Waals surface area contributed by atoms with Crippen molar-refractivity contribution in [3.63, 3.8) is 0 Å². The van der Waals surface area contributed by atoms with E-state index in [1.54, 1.807) is 0 Å². The molecule has 15 heavy (non-hydrogen) atoms. The molecule has 0 aromatic rings. The highest BCUT2D eigenvalue weighted by Gasteiger charge is 2.49. The molecule has 0 radical (unpaired) electrons. The van der Waals surface area contributed by atoms with Crippen molar-refractivity contribution in [3.05, 3.63) is 12.2 Å². The van der Waals surface area contributed by atoms with Gasteiger partial charge in [-0.05, 0) is 48.0 Å². The summed E-state index contributed by atoms with van der Waals surface area (Å²) in [6, 6.07) is 0. The predicted octanol–water partition coefficient (Wildman–Crippen LogP) is 3.53. The van der Waals surface area contributed by atoms with Gasteiger partial charge in [-0.25, -0.2) is 0 Å². The Balaban J connectivity index is 2.28. The van der Waals surface area contributed by atoms with Gasteiger partial charge in [0, 0.05) is 0 Å². The van der Waals surface area contributed by atoms with E-state index in [2.05, 4.69) is 27.4 Å². The number of rotatable bonds is 0. The first-order chi connectivity index (χ1) is 6.85. The molecular formula is C14H24O. The van der Waals surface area contributed by atoms with E-state index in [4.69, 9.17) is 0 Å². The minimum Gasteiger partial charge on any atom is -0.389 e. The maximum Gasteiger partial charge on any atom is 0.0750 e. The second-order valence-corrected chi connectivity index (χ2v) is 6.64. The average Bonchev–Trinajstić information content (AvgIpc) is 2.09. The topological polar surface area (TPSA) is 20.2 Å². The van der Waals surface area contributed by atoms with Gasteiger partial charge in [-0.15, -0.1) is 0 Å². The maximum atomic E-state index is 9.96. The lowest BCUT2D eigenvalue weighted by Crippen LogP contribution is -2.47. The molecule has 0 aromatic heterocycles. The Morgan fingerprint density at radius 3 is 2.60 bits per heavy atom. The zero-order chi connectivity index (χ0) is 11.3. The molecule has 0 spiro atoms. The molecular weight excluding hydrogens is 184 g/mol. The normalized spacial score (nSPS) is 44.9. The van der Waals surface area contributed by atoms with Crippen molar-refractivity contribution < 1.29 is 5.11 Å². The van der Waals surface area contributed by atoms with Crippen LogP contribution in [0.5, 0.6) is 0 Å². The molecule has 2 fully saturated rings. The fourth-order valence-corrected chi connectivity index (χ4v) is 4.08. The lowest BCUT2D eigenvalue weighted by Gasteiger charge is -2.55. The van der Waals surface area contributed by atoms with Gasteiger partial charge < -0.3 is 5.11 Å². The molecule has 0 saturated heterocycles. The Morgan fingerprint density at radius 2 is 1.93 bits per heavy atom. The quantitative estimate of drug-likeness (QED) is 0.604. The van der Waals surface area contributed by atoms with E-state index in [-0.39, 0.29) is 6.10 Å². The van der Waals surface area contributed by atoms with Crippen LogP contribution in [-0.2, 0) is 0 Å². The van der Waals surface area contributed by atoms with Crippen LogP contribution in [0.15, 0.2) is 12.2 Å². The maximum absolute atomic E-state index is 9.96. The third kappa shape index (κ3) is 1.75. The Kier molecular flexibility index (Phi) is 2.50. The summed E-state index contributed by atoms with van der Waals surface area (Å²) in [6.45, 7) is 11.2. The summed E-state index contributed by atoms with van der Waals surface area (Å²) >= 11 is 0. The summed E-state index contributed by atoms with van der Waals surface area (Å²) in [7, 11) is 0. The van der Waals surface area contributed by atoms with E-state index < -0.39 is 0 Å². The van der Waals surface area contributed by atoms with Crippen LogP contribution >= 0.6 is 0 Å². The molecule has 86 valence electrons. The monoisotopic (exact) mass is 208 g/mol. The van der Waals surface area contributed by atoms with Gasteiger partial charge in [0.1, 0.15) is 0 Å². The fraction of sp³-hybridized carbons (Fsp3) is 0.857. The molecule has 0 heterocycles. The third-order valence-corrected chi connectivity index (χ3v) is 4.91. The van der Waals surface area contributed by atoms with Crippen molar-refractivity contribution in [3.8, 4) is 0 Å². The fourth-order valence-electron chi connectivity index (χ4n) is 4.08. The molecule has 0 aromatic carbocycles. The lowest BCUT2D eigenvalue weighted by molar-refractivity contribution is -0.0489. The summed E-state index contributed by atoms with van der Waals surface area (Å²) < 4.78 is 0. The molecule has 2 rings (SSSR count). The van der Waals surface area contributed by atoms with Crippen molar-refractivity contribution in [2.45, 2.75) is 59.0 Å². The van der Waals surface area contributed by atoms with Crippen LogP contribution in [0.4, 0.5) is 0 Å². The van der Waals surface area contributed by atoms with E-state index >= 15 is 0 Å². The number of hydrogen-bond acceptors (Lipinski definition) is 1. The first-order valence-electron chi connectivity index (χ1n) is 6.21. The van der Waals surface area contributed by atoms with Crippen molar-refractivity contribution in [1.29, 1.82) is 0 Å². The van der Waals surface area contributed by atoms with Gasteiger partial charge in [0.25, 0.3) is 0 Å². The SMILES string of the molecule is C=C1CC2(C)CCCC(C)(C)C2CC1O. The summed E-state index contributed by atoms with van der Waals surface area (Å²) in [5.41, 5.74) is 1.86. The van der Waals surface area contributed by atoms with E-state index in [1.807, 2.05) is 0 Å². The second kappa shape index (κ2) is 3.35. The van der Waals surface area contributed by atoms with E-state index in [0.717, 1.165) is 18.4 Å². The highest BCUT2D eigenvalue weighted by molar-refractivity contribution is 5.14. The van der Waals surface area contributed by atoms with Crippen molar-refractivity contribution in [1.82, 2.24) is 0 Å². The first kappa shape index (κ1) is 11.2.